The first-order valence-electron chi connectivity index (χ1n) is 10.1. The molecular weight excluding hydrogens is 381 g/mol. The van der Waals surface area contributed by atoms with E-state index in [1.165, 1.54) is 31.0 Å². The fourth-order valence-corrected chi connectivity index (χ4v) is 3.81. The Morgan fingerprint density at radius 1 is 1.13 bits per heavy atom. The fraction of sp³-hybridized carbons (Fsp3) is 0.250. The molecule has 1 aliphatic carbocycles. The quantitative estimate of drug-likeness (QED) is 0.488. The Morgan fingerprint density at radius 3 is 2.60 bits per heavy atom. The van der Waals surface area contributed by atoms with Crippen molar-refractivity contribution in [2.24, 2.45) is 7.05 Å². The van der Waals surface area contributed by atoms with Crippen LogP contribution in [0.5, 0.6) is 5.75 Å². The zero-order valence-corrected chi connectivity index (χ0v) is 16.9. The van der Waals surface area contributed by atoms with Gasteiger partial charge in [-0.3, -0.25) is 9.36 Å². The molecule has 1 fully saturated rings. The van der Waals surface area contributed by atoms with Crippen LogP contribution < -0.4 is 10.3 Å². The molecule has 0 unspecified atom stereocenters. The molecule has 0 spiro atoms. The van der Waals surface area contributed by atoms with Crippen molar-refractivity contribution in [1.29, 1.82) is 0 Å². The number of fused-ring (bicyclic) bond motifs is 1. The summed E-state index contributed by atoms with van der Waals surface area (Å²) in [5.41, 5.74) is 4.55. The topological polar surface area (TPSA) is 49.1 Å². The van der Waals surface area contributed by atoms with Crippen LogP contribution in [0.4, 0.5) is 4.39 Å². The predicted molar refractivity (Wildman–Crippen MR) is 114 cm³/mol. The predicted octanol–water partition coefficient (Wildman–Crippen LogP) is 4.63. The molecule has 6 heteroatoms. The van der Waals surface area contributed by atoms with Crippen LogP contribution in [-0.2, 0) is 13.7 Å². The number of pyridine rings is 1. The Kier molecular flexibility index (Phi) is 4.42. The van der Waals surface area contributed by atoms with Gasteiger partial charge in [0.15, 0.2) is 0 Å². The molecular formula is C24H22FN3O2. The number of aromatic nitrogens is 3. The van der Waals surface area contributed by atoms with E-state index in [1.54, 1.807) is 29.0 Å². The SMILES string of the molecule is Cc1cc(-n2ccc(OCc3ccc(F)cc3)cc2=O)cc2c1nc(C1CC1)n2C. The number of hydrogen-bond acceptors (Lipinski definition) is 3. The normalized spacial score (nSPS) is 13.7. The summed E-state index contributed by atoms with van der Waals surface area (Å²) in [4.78, 5) is 17.6. The van der Waals surface area contributed by atoms with Crippen molar-refractivity contribution in [3.63, 3.8) is 0 Å². The second kappa shape index (κ2) is 7.13. The van der Waals surface area contributed by atoms with E-state index in [1.807, 2.05) is 26.1 Å². The van der Waals surface area contributed by atoms with E-state index in [2.05, 4.69) is 4.57 Å². The second-order valence-electron chi connectivity index (χ2n) is 7.92. The highest BCUT2D eigenvalue weighted by molar-refractivity contribution is 5.82. The number of benzene rings is 2. The van der Waals surface area contributed by atoms with E-state index in [0.717, 1.165) is 33.7 Å². The molecule has 152 valence electrons. The molecule has 2 aromatic heterocycles. The molecule has 4 aromatic rings. The van der Waals surface area contributed by atoms with Gasteiger partial charge < -0.3 is 9.30 Å². The van der Waals surface area contributed by atoms with Gasteiger partial charge >= 0.3 is 0 Å². The first-order chi connectivity index (χ1) is 14.5. The molecule has 0 bridgehead atoms. The number of imidazole rings is 1. The fourth-order valence-electron chi connectivity index (χ4n) is 3.81. The number of ether oxygens (including phenoxy) is 1. The van der Waals surface area contributed by atoms with Gasteiger partial charge in [-0.15, -0.1) is 0 Å². The zero-order chi connectivity index (χ0) is 20.8. The minimum Gasteiger partial charge on any atom is -0.489 e. The van der Waals surface area contributed by atoms with Crippen molar-refractivity contribution in [3.8, 4) is 11.4 Å². The van der Waals surface area contributed by atoms with E-state index in [9.17, 15) is 9.18 Å². The number of hydrogen-bond donors (Lipinski definition) is 0. The molecule has 0 atom stereocenters. The molecule has 0 saturated heterocycles. The Bertz CT molecular complexity index is 1300. The molecule has 0 radical (unpaired) electrons. The first kappa shape index (κ1) is 18.6. The summed E-state index contributed by atoms with van der Waals surface area (Å²) in [5.74, 6) is 1.88. The van der Waals surface area contributed by atoms with Crippen molar-refractivity contribution < 1.29 is 9.13 Å². The highest BCUT2D eigenvalue weighted by Gasteiger charge is 2.29. The summed E-state index contributed by atoms with van der Waals surface area (Å²) < 4.78 is 22.5. The zero-order valence-electron chi connectivity index (χ0n) is 16.9. The number of rotatable bonds is 5. The van der Waals surface area contributed by atoms with Gasteiger partial charge in [-0.25, -0.2) is 9.37 Å². The van der Waals surface area contributed by atoms with Gasteiger partial charge in [-0.1, -0.05) is 12.1 Å². The largest absolute Gasteiger partial charge is 0.489 e. The van der Waals surface area contributed by atoms with E-state index in [-0.39, 0.29) is 18.0 Å². The lowest BCUT2D eigenvalue weighted by atomic mass is 10.1. The minimum absolute atomic E-state index is 0.171. The van der Waals surface area contributed by atoms with Crippen LogP contribution in [0, 0.1) is 12.7 Å². The third-order valence-electron chi connectivity index (χ3n) is 5.63. The summed E-state index contributed by atoms with van der Waals surface area (Å²) >= 11 is 0. The summed E-state index contributed by atoms with van der Waals surface area (Å²) in [7, 11) is 2.04. The third-order valence-corrected chi connectivity index (χ3v) is 5.63. The van der Waals surface area contributed by atoms with Gasteiger partial charge in [0.25, 0.3) is 5.56 Å². The van der Waals surface area contributed by atoms with Gasteiger partial charge in [0, 0.05) is 25.2 Å². The minimum atomic E-state index is -0.286. The second-order valence-corrected chi connectivity index (χ2v) is 7.92. The first-order valence-corrected chi connectivity index (χ1v) is 10.1. The maximum absolute atomic E-state index is 13.0. The molecule has 1 saturated carbocycles. The lowest BCUT2D eigenvalue weighted by Gasteiger charge is -2.10. The molecule has 2 aromatic carbocycles. The van der Waals surface area contributed by atoms with Gasteiger partial charge in [-0.2, -0.15) is 0 Å². The molecule has 0 N–H and O–H groups in total. The highest BCUT2D eigenvalue weighted by atomic mass is 19.1. The van der Waals surface area contributed by atoms with Crippen molar-refractivity contribution >= 4 is 11.0 Å². The third kappa shape index (κ3) is 3.38. The molecule has 1 aliphatic rings. The van der Waals surface area contributed by atoms with Crippen molar-refractivity contribution in [2.75, 3.05) is 0 Å². The average molecular weight is 403 g/mol. The van der Waals surface area contributed by atoms with Crippen LogP contribution in [-0.4, -0.2) is 14.1 Å². The Balaban J connectivity index is 1.44. The number of aryl methyl sites for hydroxylation is 2. The van der Waals surface area contributed by atoms with Gasteiger partial charge in [-0.05, 0) is 61.2 Å². The molecule has 5 nitrogen and oxygen atoms in total. The average Bonchev–Trinajstić information content (AvgIpc) is 3.52. The van der Waals surface area contributed by atoms with E-state index in [4.69, 9.17) is 9.72 Å². The van der Waals surface area contributed by atoms with Gasteiger partial charge in [0.05, 0.1) is 16.7 Å². The van der Waals surface area contributed by atoms with Gasteiger partial charge in [0.1, 0.15) is 24.0 Å². The highest BCUT2D eigenvalue weighted by Crippen LogP contribution is 2.40. The standard InChI is InChI=1S/C24H22FN3O2/c1-15-11-19(12-21-23(15)26-24(27(21)2)17-5-6-17)28-10-9-20(13-22(28)29)30-14-16-3-7-18(25)8-4-16/h3-4,7-13,17H,5-6,14H2,1-2H3. The summed E-state index contributed by atoms with van der Waals surface area (Å²) in [6, 6.07) is 13.4. The van der Waals surface area contributed by atoms with Crippen LogP contribution >= 0.6 is 0 Å². The number of halogens is 1. The Labute approximate surface area is 173 Å². The van der Waals surface area contributed by atoms with Crippen molar-refractivity contribution in [3.05, 3.63) is 87.9 Å². The number of nitrogens with zero attached hydrogens (tertiary/aromatic N) is 3. The van der Waals surface area contributed by atoms with E-state index < -0.39 is 0 Å². The van der Waals surface area contributed by atoms with Gasteiger partial charge in [0.2, 0.25) is 0 Å². The van der Waals surface area contributed by atoms with Crippen molar-refractivity contribution in [1.82, 2.24) is 14.1 Å². The summed E-state index contributed by atoms with van der Waals surface area (Å²) in [6.45, 7) is 2.30. The Morgan fingerprint density at radius 2 is 1.90 bits per heavy atom. The molecule has 0 aliphatic heterocycles. The van der Waals surface area contributed by atoms with E-state index >= 15 is 0 Å². The van der Waals surface area contributed by atoms with Crippen LogP contribution in [0.1, 0.15) is 35.7 Å². The lowest BCUT2D eigenvalue weighted by Crippen LogP contribution is -2.17. The van der Waals surface area contributed by atoms with E-state index in [0.29, 0.717) is 11.7 Å². The molecule has 5 rings (SSSR count). The molecule has 2 heterocycles. The Hall–Kier alpha value is -3.41. The van der Waals surface area contributed by atoms with Crippen molar-refractivity contribution in [2.45, 2.75) is 32.3 Å². The maximum atomic E-state index is 13.0. The summed E-state index contributed by atoms with van der Waals surface area (Å²) in [5, 5.41) is 0. The monoisotopic (exact) mass is 403 g/mol. The van der Waals surface area contributed by atoms with Crippen LogP contribution in [0.3, 0.4) is 0 Å². The van der Waals surface area contributed by atoms with Crippen LogP contribution in [0.15, 0.2) is 59.5 Å². The van der Waals surface area contributed by atoms with Crippen LogP contribution in [0.2, 0.25) is 0 Å². The molecule has 0 amide bonds. The lowest BCUT2D eigenvalue weighted by molar-refractivity contribution is 0.305. The maximum Gasteiger partial charge on any atom is 0.258 e. The summed E-state index contributed by atoms with van der Waals surface area (Å²) in [6.07, 6.45) is 4.12. The van der Waals surface area contributed by atoms with Crippen LogP contribution in [0.25, 0.3) is 16.7 Å². The molecule has 30 heavy (non-hydrogen) atoms. The smallest absolute Gasteiger partial charge is 0.258 e.